The number of ether oxygens (including phenoxy) is 1. The smallest absolute Gasteiger partial charge is 0.308 e. The van der Waals surface area contributed by atoms with Gasteiger partial charge in [0.25, 0.3) is 0 Å². The van der Waals surface area contributed by atoms with Crippen LogP contribution in [0, 0.1) is 0 Å². The largest absolute Gasteiger partial charge is 0.427 e. The molecule has 3 rings (SSSR count). The second kappa shape index (κ2) is 6.71. The number of nitrogens with zero attached hydrogens (tertiary/aromatic N) is 2. The van der Waals surface area contributed by atoms with Gasteiger partial charge >= 0.3 is 5.97 Å². The monoisotopic (exact) mass is 368 g/mol. The van der Waals surface area contributed by atoms with Gasteiger partial charge in [0.2, 0.25) is 0 Å². The lowest BCUT2D eigenvalue weighted by Crippen LogP contribution is -2.00. The van der Waals surface area contributed by atoms with Gasteiger partial charge in [0, 0.05) is 34.9 Å². The lowest BCUT2D eigenvalue weighted by molar-refractivity contribution is -0.131. The standard InChI is InChI=1S/C18H13BrN2O2/c1-12(22)23-17-8-4-13(5-9-17)15-10-20-18(21-11-15)14-2-6-16(19)7-3-14/h2-11H,1H3. The molecule has 3 aromatic rings. The zero-order valence-electron chi connectivity index (χ0n) is 12.4. The van der Waals surface area contributed by atoms with Gasteiger partial charge in [-0.25, -0.2) is 9.97 Å². The molecule has 1 heterocycles. The summed E-state index contributed by atoms with van der Waals surface area (Å²) in [5.74, 6) is 0.867. The normalized spacial score (nSPS) is 10.3. The molecule has 0 fully saturated rings. The molecule has 0 saturated carbocycles. The maximum Gasteiger partial charge on any atom is 0.308 e. The summed E-state index contributed by atoms with van der Waals surface area (Å²) >= 11 is 3.41. The van der Waals surface area contributed by atoms with Crippen LogP contribution in [-0.4, -0.2) is 15.9 Å². The van der Waals surface area contributed by atoms with Crippen molar-refractivity contribution in [2.45, 2.75) is 6.92 Å². The molecule has 5 heteroatoms. The minimum absolute atomic E-state index is 0.333. The number of carbonyl (C=O) groups is 1. The zero-order valence-corrected chi connectivity index (χ0v) is 13.9. The van der Waals surface area contributed by atoms with Gasteiger partial charge in [-0.1, -0.05) is 40.2 Å². The molecule has 0 aliphatic heterocycles. The van der Waals surface area contributed by atoms with Gasteiger partial charge in [-0.15, -0.1) is 0 Å². The number of carbonyl (C=O) groups excluding carboxylic acids is 1. The van der Waals surface area contributed by atoms with Crippen molar-refractivity contribution in [3.63, 3.8) is 0 Å². The van der Waals surface area contributed by atoms with Gasteiger partial charge in [-0.3, -0.25) is 4.79 Å². The first-order valence-electron chi connectivity index (χ1n) is 6.99. The Balaban J connectivity index is 1.81. The molecule has 0 radical (unpaired) electrons. The van der Waals surface area contributed by atoms with E-state index in [0.717, 1.165) is 21.2 Å². The van der Waals surface area contributed by atoms with Crippen molar-refractivity contribution in [2.24, 2.45) is 0 Å². The molecule has 0 bridgehead atoms. The predicted octanol–water partition coefficient (Wildman–Crippen LogP) is 4.50. The Bertz CT molecular complexity index is 813. The van der Waals surface area contributed by atoms with Gasteiger partial charge in [0.1, 0.15) is 5.75 Å². The Morgan fingerprint density at radius 2 is 1.43 bits per heavy atom. The fraction of sp³-hybridized carbons (Fsp3) is 0.0556. The third-order valence-corrected chi connectivity index (χ3v) is 3.73. The van der Waals surface area contributed by atoms with Crippen molar-refractivity contribution >= 4 is 21.9 Å². The lowest BCUT2D eigenvalue weighted by Gasteiger charge is -2.05. The summed E-state index contributed by atoms with van der Waals surface area (Å²) in [5.41, 5.74) is 2.83. The molecule has 23 heavy (non-hydrogen) atoms. The van der Waals surface area contributed by atoms with E-state index in [1.54, 1.807) is 24.5 Å². The van der Waals surface area contributed by atoms with Gasteiger partial charge < -0.3 is 4.74 Å². The Kier molecular flexibility index (Phi) is 4.48. The summed E-state index contributed by atoms with van der Waals surface area (Å²) in [4.78, 5) is 19.7. The van der Waals surface area contributed by atoms with Crippen LogP contribution in [0.3, 0.4) is 0 Å². The molecule has 0 unspecified atom stereocenters. The van der Waals surface area contributed by atoms with Crippen molar-refractivity contribution in [1.29, 1.82) is 0 Å². The maximum atomic E-state index is 10.9. The van der Waals surface area contributed by atoms with Crippen LogP contribution in [0.25, 0.3) is 22.5 Å². The fourth-order valence-electron chi connectivity index (χ4n) is 2.11. The number of benzene rings is 2. The summed E-state index contributed by atoms with van der Waals surface area (Å²) < 4.78 is 6.04. The zero-order chi connectivity index (χ0) is 16.2. The Labute approximate surface area is 142 Å². The van der Waals surface area contributed by atoms with Gasteiger partial charge in [-0.2, -0.15) is 0 Å². The number of esters is 1. The average Bonchev–Trinajstić information content (AvgIpc) is 2.56. The van der Waals surface area contributed by atoms with Crippen molar-refractivity contribution in [3.05, 3.63) is 65.4 Å². The Morgan fingerprint density at radius 3 is 2.00 bits per heavy atom. The number of hydrogen-bond acceptors (Lipinski definition) is 4. The van der Waals surface area contributed by atoms with E-state index in [9.17, 15) is 4.79 Å². The maximum absolute atomic E-state index is 10.9. The Morgan fingerprint density at radius 1 is 0.870 bits per heavy atom. The minimum Gasteiger partial charge on any atom is -0.427 e. The molecule has 1 aromatic heterocycles. The number of hydrogen-bond donors (Lipinski definition) is 0. The molecule has 0 aliphatic rings. The van der Waals surface area contributed by atoms with E-state index < -0.39 is 0 Å². The summed E-state index contributed by atoms with van der Waals surface area (Å²) in [7, 11) is 0. The summed E-state index contributed by atoms with van der Waals surface area (Å²) in [5, 5.41) is 0. The van der Waals surface area contributed by atoms with E-state index in [2.05, 4.69) is 25.9 Å². The molecular weight excluding hydrogens is 356 g/mol. The highest BCUT2D eigenvalue weighted by Gasteiger charge is 2.04. The van der Waals surface area contributed by atoms with Crippen molar-refractivity contribution in [3.8, 4) is 28.3 Å². The van der Waals surface area contributed by atoms with Crippen LogP contribution in [0.2, 0.25) is 0 Å². The van der Waals surface area contributed by atoms with Crippen LogP contribution in [0.1, 0.15) is 6.92 Å². The number of rotatable bonds is 3. The molecule has 0 saturated heterocycles. The SMILES string of the molecule is CC(=O)Oc1ccc(-c2cnc(-c3ccc(Br)cc3)nc2)cc1. The minimum atomic E-state index is -0.333. The first kappa shape index (κ1) is 15.4. The second-order valence-electron chi connectivity index (χ2n) is 4.92. The van der Waals surface area contributed by atoms with E-state index >= 15 is 0 Å². The van der Waals surface area contributed by atoms with Crippen LogP contribution in [-0.2, 0) is 4.79 Å². The second-order valence-corrected chi connectivity index (χ2v) is 5.84. The summed E-state index contributed by atoms with van der Waals surface area (Å²) in [6, 6.07) is 15.1. The van der Waals surface area contributed by atoms with E-state index in [1.165, 1.54) is 6.92 Å². The van der Waals surface area contributed by atoms with Crippen LogP contribution in [0.4, 0.5) is 0 Å². The highest BCUT2D eigenvalue weighted by atomic mass is 79.9. The lowest BCUT2D eigenvalue weighted by atomic mass is 10.1. The summed E-state index contributed by atoms with van der Waals surface area (Å²) in [6.45, 7) is 1.38. The van der Waals surface area contributed by atoms with E-state index in [-0.39, 0.29) is 5.97 Å². The first-order valence-corrected chi connectivity index (χ1v) is 7.78. The number of halogens is 1. The predicted molar refractivity (Wildman–Crippen MR) is 91.9 cm³/mol. The molecule has 0 amide bonds. The molecule has 0 atom stereocenters. The molecule has 0 spiro atoms. The van der Waals surface area contributed by atoms with Gasteiger partial charge in [-0.05, 0) is 29.8 Å². The highest BCUT2D eigenvalue weighted by Crippen LogP contribution is 2.23. The van der Waals surface area contributed by atoms with E-state index in [0.29, 0.717) is 11.6 Å². The van der Waals surface area contributed by atoms with Crippen LogP contribution < -0.4 is 4.74 Å². The van der Waals surface area contributed by atoms with Crippen LogP contribution >= 0.6 is 15.9 Å². The van der Waals surface area contributed by atoms with E-state index in [1.807, 2.05) is 36.4 Å². The Hall–Kier alpha value is -2.53. The third kappa shape index (κ3) is 3.81. The molecule has 0 aliphatic carbocycles. The molecule has 4 nitrogen and oxygen atoms in total. The molecule has 0 N–H and O–H groups in total. The average molecular weight is 369 g/mol. The topological polar surface area (TPSA) is 52.1 Å². The number of aromatic nitrogens is 2. The van der Waals surface area contributed by atoms with Crippen LogP contribution in [0.15, 0.2) is 65.4 Å². The van der Waals surface area contributed by atoms with E-state index in [4.69, 9.17) is 4.74 Å². The fourth-order valence-corrected chi connectivity index (χ4v) is 2.37. The van der Waals surface area contributed by atoms with Gasteiger partial charge in [0.05, 0.1) is 0 Å². The first-order chi connectivity index (χ1) is 11.1. The third-order valence-electron chi connectivity index (χ3n) is 3.20. The van der Waals surface area contributed by atoms with Crippen LogP contribution in [0.5, 0.6) is 5.75 Å². The summed E-state index contributed by atoms with van der Waals surface area (Å²) in [6.07, 6.45) is 3.57. The quantitative estimate of drug-likeness (QED) is 0.504. The van der Waals surface area contributed by atoms with Gasteiger partial charge in [0.15, 0.2) is 5.82 Å². The highest BCUT2D eigenvalue weighted by molar-refractivity contribution is 9.10. The molecule has 2 aromatic carbocycles. The molecular formula is C18H13BrN2O2. The van der Waals surface area contributed by atoms with Crippen molar-refractivity contribution in [2.75, 3.05) is 0 Å². The van der Waals surface area contributed by atoms with Crippen molar-refractivity contribution < 1.29 is 9.53 Å². The van der Waals surface area contributed by atoms with Crippen molar-refractivity contribution in [1.82, 2.24) is 9.97 Å². The molecule has 114 valence electrons.